The van der Waals surface area contributed by atoms with E-state index in [-0.39, 0.29) is 0 Å². The zero-order valence-electron chi connectivity index (χ0n) is 7.93. The number of alkyl halides is 1. The van der Waals surface area contributed by atoms with Crippen molar-refractivity contribution in [2.75, 3.05) is 18.6 Å². The van der Waals surface area contributed by atoms with Crippen LogP contribution in [0.4, 0.5) is 0 Å². The Morgan fingerprint density at radius 2 is 2.21 bits per heavy atom. The maximum atomic E-state index is 5.84. The molecule has 0 aliphatic rings. The van der Waals surface area contributed by atoms with Crippen LogP contribution in [0.3, 0.4) is 0 Å². The van der Waals surface area contributed by atoms with Gasteiger partial charge in [0.05, 0.1) is 12.5 Å². The summed E-state index contributed by atoms with van der Waals surface area (Å²) < 4.78 is 5.56. The normalized spacial score (nSPS) is 10.2. The van der Waals surface area contributed by atoms with Crippen LogP contribution in [0.1, 0.15) is 5.56 Å². The Morgan fingerprint density at radius 1 is 1.43 bits per heavy atom. The van der Waals surface area contributed by atoms with Gasteiger partial charge in [0.15, 0.2) is 0 Å². The molecule has 0 bridgehead atoms. The lowest BCUT2D eigenvalue weighted by atomic mass is 10.2. The Balaban J connectivity index is 2.65. The van der Waals surface area contributed by atoms with Crippen LogP contribution in [-0.2, 0) is 5.88 Å². The van der Waals surface area contributed by atoms with E-state index < -0.39 is 0 Å². The Labute approximate surface area is 98.7 Å². The molecule has 0 fully saturated rings. The standard InChI is InChI=1S/C10H12Cl2OS/c1-14-5-4-13-10-3-2-9(12)6-8(10)7-11/h2-3,6H,4-5,7H2,1H3. The molecule has 0 heterocycles. The number of ether oxygens (including phenoxy) is 1. The van der Waals surface area contributed by atoms with E-state index in [1.165, 1.54) is 0 Å². The number of hydrogen-bond donors (Lipinski definition) is 0. The molecular weight excluding hydrogens is 239 g/mol. The van der Waals surface area contributed by atoms with Gasteiger partial charge in [-0.3, -0.25) is 0 Å². The molecule has 0 N–H and O–H groups in total. The number of rotatable bonds is 5. The average molecular weight is 251 g/mol. The third-order valence-corrected chi connectivity index (χ3v) is 2.81. The summed E-state index contributed by atoms with van der Waals surface area (Å²) in [4.78, 5) is 0. The minimum Gasteiger partial charge on any atom is -0.492 e. The van der Waals surface area contributed by atoms with E-state index >= 15 is 0 Å². The van der Waals surface area contributed by atoms with Crippen LogP contribution in [0.2, 0.25) is 5.02 Å². The Morgan fingerprint density at radius 3 is 2.86 bits per heavy atom. The topological polar surface area (TPSA) is 9.23 Å². The zero-order valence-corrected chi connectivity index (χ0v) is 10.3. The van der Waals surface area contributed by atoms with E-state index in [1.807, 2.05) is 24.5 Å². The van der Waals surface area contributed by atoms with Crippen molar-refractivity contribution in [2.24, 2.45) is 0 Å². The van der Waals surface area contributed by atoms with Gasteiger partial charge in [-0.15, -0.1) is 11.6 Å². The molecule has 0 aromatic heterocycles. The van der Waals surface area contributed by atoms with Gasteiger partial charge in [-0.2, -0.15) is 11.8 Å². The van der Waals surface area contributed by atoms with Crippen LogP contribution in [0, 0.1) is 0 Å². The first kappa shape index (κ1) is 12.0. The van der Waals surface area contributed by atoms with Gasteiger partial charge >= 0.3 is 0 Å². The Kier molecular flexibility index (Phi) is 5.53. The molecule has 0 aliphatic carbocycles. The van der Waals surface area contributed by atoms with Gasteiger partial charge in [0, 0.05) is 16.3 Å². The Bertz CT molecular complexity index is 291. The summed E-state index contributed by atoms with van der Waals surface area (Å²) >= 11 is 13.4. The van der Waals surface area contributed by atoms with E-state index in [4.69, 9.17) is 27.9 Å². The quantitative estimate of drug-likeness (QED) is 0.581. The average Bonchev–Trinajstić information content (AvgIpc) is 2.20. The lowest BCUT2D eigenvalue weighted by Gasteiger charge is -2.09. The van der Waals surface area contributed by atoms with Crippen LogP contribution in [0.5, 0.6) is 5.75 Å². The van der Waals surface area contributed by atoms with Crippen molar-refractivity contribution in [1.29, 1.82) is 0 Å². The monoisotopic (exact) mass is 250 g/mol. The SMILES string of the molecule is CSCCOc1ccc(Cl)cc1CCl. The summed E-state index contributed by atoms with van der Waals surface area (Å²) in [6, 6.07) is 5.51. The van der Waals surface area contributed by atoms with E-state index in [0.717, 1.165) is 17.1 Å². The predicted octanol–water partition coefficient (Wildman–Crippen LogP) is 3.82. The molecule has 0 radical (unpaired) electrons. The number of thioether (sulfide) groups is 1. The van der Waals surface area contributed by atoms with Crippen LogP contribution in [-0.4, -0.2) is 18.6 Å². The second-order valence-corrected chi connectivity index (χ2v) is 4.42. The molecule has 78 valence electrons. The minimum absolute atomic E-state index is 0.426. The fourth-order valence-corrected chi connectivity index (χ4v) is 1.68. The van der Waals surface area contributed by atoms with E-state index in [9.17, 15) is 0 Å². The van der Waals surface area contributed by atoms with Crippen molar-refractivity contribution in [3.05, 3.63) is 28.8 Å². The third-order valence-electron chi connectivity index (χ3n) is 1.71. The third kappa shape index (κ3) is 3.60. The van der Waals surface area contributed by atoms with E-state index in [1.54, 1.807) is 11.8 Å². The lowest BCUT2D eigenvalue weighted by molar-refractivity contribution is 0.341. The number of hydrogen-bond acceptors (Lipinski definition) is 2. The van der Waals surface area contributed by atoms with Gasteiger partial charge in [-0.25, -0.2) is 0 Å². The van der Waals surface area contributed by atoms with Gasteiger partial charge in [0.1, 0.15) is 5.75 Å². The first-order valence-electron chi connectivity index (χ1n) is 4.24. The molecule has 1 aromatic carbocycles. The maximum absolute atomic E-state index is 5.84. The van der Waals surface area contributed by atoms with Crippen molar-refractivity contribution in [3.63, 3.8) is 0 Å². The van der Waals surface area contributed by atoms with E-state index in [2.05, 4.69) is 0 Å². The molecular formula is C10H12Cl2OS. The largest absolute Gasteiger partial charge is 0.492 e. The van der Waals surface area contributed by atoms with Gasteiger partial charge in [-0.05, 0) is 24.5 Å². The predicted molar refractivity (Wildman–Crippen MR) is 64.9 cm³/mol. The fraction of sp³-hybridized carbons (Fsp3) is 0.400. The minimum atomic E-state index is 0.426. The summed E-state index contributed by atoms with van der Waals surface area (Å²) in [5.41, 5.74) is 0.945. The highest BCUT2D eigenvalue weighted by atomic mass is 35.5. The van der Waals surface area contributed by atoms with Crippen LogP contribution in [0.15, 0.2) is 18.2 Å². The molecule has 4 heteroatoms. The molecule has 0 saturated heterocycles. The zero-order chi connectivity index (χ0) is 10.4. The van der Waals surface area contributed by atoms with Crippen LogP contribution >= 0.6 is 35.0 Å². The highest BCUT2D eigenvalue weighted by Crippen LogP contribution is 2.24. The molecule has 0 amide bonds. The van der Waals surface area contributed by atoms with Crippen LogP contribution < -0.4 is 4.74 Å². The molecule has 0 saturated carbocycles. The first-order valence-corrected chi connectivity index (χ1v) is 6.54. The second kappa shape index (κ2) is 6.44. The van der Waals surface area contributed by atoms with Gasteiger partial charge in [0.2, 0.25) is 0 Å². The van der Waals surface area contributed by atoms with Crippen molar-refractivity contribution >= 4 is 35.0 Å². The molecule has 1 aromatic rings. The van der Waals surface area contributed by atoms with Gasteiger partial charge in [0.25, 0.3) is 0 Å². The summed E-state index contributed by atoms with van der Waals surface area (Å²) in [5, 5.41) is 0.692. The molecule has 1 rings (SSSR count). The van der Waals surface area contributed by atoms with Crippen molar-refractivity contribution in [1.82, 2.24) is 0 Å². The molecule has 0 spiro atoms. The summed E-state index contributed by atoms with van der Waals surface area (Å²) in [6.45, 7) is 0.701. The molecule has 0 unspecified atom stereocenters. The highest BCUT2D eigenvalue weighted by molar-refractivity contribution is 7.98. The van der Waals surface area contributed by atoms with Crippen molar-refractivity contribution in [3.8, 4) is 5.75 Å². The highest BCUT2D eigenvalue weighted by Gasteiger charge is 2.03. The number of halogens is 2. The first-order chi connectivity index (χ1) is 6.77. The van der Waals surface area contributed by atoms with Crippen LogP contribution in [0.25, 0.3) is 0 Å². The summed E-state index contributed by atoms with van der Waals surface area (Å²) in [7, 11) is 0. The molecule has 0 atom stereocenters. The maximum Gasteiger partial charge on any atom is 0.123 e. The Hall–Kier alpha value is -0.0500. The molecule has 1 nitrogen and oxygen atoms in total. The summed E-state index contributed by atoms with van der Waals surface area (Å²) in [6.07, 6.45) is 2.05. The van der Waals surface area contributed by atoms with Gasteiger partial charge in [-0.1, -0.05) is 11.6 Å². The summed E-state index contributed by atoms with van der Waals surface area (Å²) in [5.74, 6) is 2.23. The lowest BCUT2D eigenvalue weighted by Crippen LogP contribution is -2.01. The fourth-order valence-electron chi connectivity index (χ4n) is 1.03. The van der Waals surface area contributed by atoms with Gasteiger partial charge < -0.3 is 4.74 Å². The number of benzene rings is 1. The van der Waals surface area contributed by atoms with Crippen molar-refractivity contribution < 1.29 is 4.74 Å². The molecule has 0 aliphatic heterocycles. The van der Waals surface area contributed by atoms with E-state index in [0.29, 0.717) is 17.5 Å². The van der Waals surface area contributed by atoms with Crippen molar-refractivity contribution in [2.45, 2.75) is 5.88 Å². The second-order valence-electron chi connectivity index (χ2n) is 2.73. The molecule has 14 heavy (non-hydrogen) atoms. The smallest absolute Gasteiger partial charge is 0.123 e.